The molecule has 1 heterocycles. The van der Waals surface area contributed by atoms with Gasteiger partial charge in [0.25, 0.3) is 0 Å². The van der Waals surface area contributed by atoms with Crippen molar-refractivity contribution in [2.24, 2.45) is 0 Å². The van der Waals surface area contributed by atoms with Crippen LogP contribution in [0, 0.1) is 0 Å². The van der Waals surface area contributed by atoms with Crippen LogP contribution in [0.5, 0.6) is 11.5 Å². The van der Waals surface area contributed by atoms with Crippen molar-refractivity contribution >= 4 is 0 Å². The van der Waals surface area contributed by atoms with Crippen LogP contribution in [0.15, 0.2) is 24.3 Å². The van der Waals surface area contributed by atoms with Gasteiger partial charge < -0.3 is 14.2 Å². The Labute approximate surface area is 77.2 Å². The van der Waals surface area contributed by atoms with E-state index < -0.39 is 0 Å². The first kappa shape index (κ1) is 8.38. The van der Waals surface area contributed by atoms with Crippen LogP contribution in [0.3, 0.4) is 0 Å². The fraction of sp³-hybridized carbons (Fsp3) is 0.400. The molecule has 0 saturated carbocycles. The first-order valence-corrected chi connectivity index (χ1v) is 4.27. The topological polar surface area (TPSA) is 31.0 Å². The quantitative estimate of drug-likeness (QED) is 0.657. The Morgan fingerprint density at radius 2 is 1.92 bits per heavy atom. The van der Waals surface area contributed by atoms with Gasteiger partial charge in [-0.3, -0.25) is 0 Å². The van der Waals surface area contributed by atoms with Gasteiger partial charge in [0, 0.05) is 0 Å². The third-order valence-electron chi connectivity index (χ3n) is 1.90. The van der Waals surface area contributed by atoms with Gasteiger partial charge >= 0.3 is 0 Å². The molecule has 0 radical (unpaired) electrons. The molecule has 1 aromatic rings. The predicted octanol–water partition coefficient (Wildman–Crippen LogP) is 1.47. The smallest absolute Gasteiger partial charge is 0.119 e. The molecule has 1 aliphatic rings. The molecule has 3 nitrogen and oxygen atoms in total. The maximum Gasteiger partial charge on any atom is 0.119 e. The molecule has 1 aromatic carbocycles. The van der Waals surface area contributed by atoms with Crippen LogP contribution < -0.4 is 9.47 Å². The van der Waals surface area contributed by atoms with Crippen molar-refractivity contribution in [3.8, 4) is 11.5 Å². The zero-order valence-corrected chi connectivity index (χ0v) is 7.53. The summed E-state index contributed by atoms with van der Waals surface area (Å²) in [5.41, 5.74) is 0. The summed E-state index contributed by atoms with van der Waals surface area (Å²) in [6.07, 6.45) is 0.308. The number of methoxy groups -OCH3 is 1. The highest BCUT2D eigenvalue weighted by molar-refractivity contribution is 5.31. The van der Waals surface area contributed by atoms with Crippen molar-refractivity contribution in [1.29, 1.82) is 0 Å². The Hall–Kier alpha value is -1.22. The highest BCUT2D eigenvalue weighted by Gasteiger charge is 2.22. The molecule has 70 valence electrons. The number of rotatable bonds is 4. The fourth-order valence-electron chi connectivity index (χ4n) is 1.03. The lowest BCUT2D eigenvalue weighted by Gasteiger charge is -2.04. The summed E-state index contributed by atoms with van der Waals surface area (Å²) in [4.78, 5) is 0. The molecule has 3 heteroatoms. The molecular weight excluding hydrogens is 168 g/mol. The van der Waals surface area contributed by atoms with Gasteiger partial charge in [-0.05, 0) is 24.3 Å². The van der Waals surface area contributed by atoms with E-state index in [1.54, 1.807) is 7.11 Å². The second-order valence-corrected chi connectivity index (χ2v) is 2.94. The first-order chi connectivity index (χ1) is 6.38. The van der Waals surface area contributed by atoms with E-state index in [-0.39, 0.29) is 0 Å². The molecule has 0 unspecified atom stereocenters. The molecule has 1 atom stereocenters. The molecule has 1 saturated heterocycles. The lowest BCUT2D eigenvalue weighted by atomic mass is 10.3. The average molecular weight is 180 g/mol. The third-order valence-corrected chi connectivity index (χ3v) is 1.90. The van der Waals surface area contributed by atoms with Crippen LogP contribution in [-0.4, -0.2) is 26.4 Å². The average Bonchev–Trinajstić information content (AvgIpc) is 2.99. The Kier molecular flexibility index (Phi) is 2.36. The van der Waals surface area contributed by atoms with E-state index >= 15 is 0 Å². The lowest BCUT2D eigenvalue weighted by molar-refractivity contribution is 0.262. The van der Waals surface area contributed by atoms with Gasteiger partial charge in [0.2, 0.25) is 0 Å². The molecule has 2 rings (SSSR count). The predicted molar refractivity (Wildman–Crippen MR) is 48.2 cm³/mol. The molecule has 0 bridgehead atoms. The molecule has 13 heavy (non-hydrogen) atoms. The standard InChI is InChI=1S/C10H12O3/c1-11-8-2-4-9(5-3-8)12-6-10-7-13-10/h2-5,10H,6-7H2,1H3/t10-/m1/s1. The SMILES string of the molecule is COc1ccc(OC[C@@H]2CO2)cc1. The number of ether oxygens (including phenoxy) is 3. The van der Waals surface area contributed by atoms with Crippen molar-refractivity contribution in [2.45, 2.75) is 6.10 Å². The molecule has 1 aliphatic heterocycles. The van der Waals surface area contributed by atoms with E-state index in [1.165, 1.54) is 0 Å². The molecule has 0 aliphatic carbocycles. The van der Waals surface area contributed by atoms with E-state index in [9.17, 15) is 0 Å². The second-order valence-electron chi connectivity index (χ2n) is 2.94. The number of hydrogen-bond donors (Lipinski definition) is 0. The van der Waals surface area contributed by atoms with E-state index in [4.69, 9.17) is 14.2 Å². The Morgan fingerprint density at radius 1 is 1.31 bits per heavy atom. The number of epoxide rings is 1. The summed E-state index contributed by atoms with van der Waals surface area (Å²) in [5.74, 6) is 1.70. The van der Waals surface area contributed by atoms with Gasteiger partial charge in [-0.15, -0.1) is 0 Å². The van der Waals surface area contributed by atoms with Crippen LogP contribution in [0.1, 0.15) is 0 Å². The van der Waals surface area contributed by atoms with Gasteiger partial charge in [0.05, 0.1) is 13.7 Å². The minimum Gasteiger partial charge on any atom is -0.497 e. The molecule has 0 amide bonds. The minimum absolute atomic E-state index is 0.308. The van der Waals surface area contributed by atoms with Gasteiger partial charge in [-0.1, -0.05) is 0 Å². The van der Waals surface area contributed by atoms with Gasteiger partial charge in [0.1, 0.15) is 24.2 Å². The number of hydrogen-bond acceptors (Lipinski definition) is 3. The Morgan fingerprint density at radius 3 is 2.46 bits per heavy atom. The third kappa shape index (κ3) is 2.36. The minimum atomic E-state index is 0.308. The van der Waals surface area contributed by atoms with Crippen molar-refractivity contribution in [2.75, 3.05) is 20.3 Å². The van der Waals surface area contributed by atoms with Crippen LogP contribution >= 0.6 is 0 Å². The van der Waals surface area contributed by atoms with Crippen LogP contribution in [0.25, 0.3) is 0 Å². The Bertz CT molecular complexity index is 264. The zero-order chi connectivity index (χ0) is 9.10. The van der Waals surface area contributed by atoms with E-state index in [0.717, 1.165) is 18.1 Å². The molecule has 0 aromatic heterocycles. The summed E-state index contributed by atoms with van der Waals surface area (Å²) in [5, 5.41) is 0. The normalized spacial score (nSPS) is 19.6. The van der Waals surface area contributed by atoms with E-state index in [1.807, 2.05) is 24.3 Å². The van der Waals surface area contributed by atoms with Crippen LogP contribution in [-0.2, 0) is 4.74 Å². The molecule has 0 N–H and O–H groups in total. The number of benzene rings is 1. The molecular formula is C10H12O3. The van der Waals surface area contributed by atoms with Gasteiger partial charge in [-0.2, -0.15) is 0 Å². The summed E-state index contributed by atoms with van der Waals surface area (Å²) in [6.45, 7) is 1.47. The zero-order valence-electron chi connectivity index (χ0n) is 7.53. The van der Waals surface area contributed by atoms with Crippen LogP contribution in [0.4, 0.5) is 0 Å². The van der Waals surface area contributed by atoms with Gasteiger partial charge in [0.15, 0.2) is 0 Å². The summed E-state index contributed by atoms with van der Waals surface area (Å²) in [7, 11) is 1.65. The highest BCUT2D eigenvalue weighted by Crippen LogP contribution is 2.18. The van der Waals surface area contributed by atoms with Crippen molar-refractivity contribution in [3.05, 3.63) is 24.3 Å². The largest absolute Gasteiger partial charge is 0.497 e. The van der Waals surface area contributed by atoms with E-state index in [2.05, 4.69) is 0 Å². The summed E-state index contributed by atoms with van der Waals surface area (Å²) in [6, 6.07) is 7.54. The highest BCUT2D eigenvalue weighted by atomic mass is 16.6. The van der Waals surface area contributed by atoms with Gasteiger partial charge in [-0.25, -0.2) is 0 Å². The van der Waals surface area contributed by atoms with Crippen LogP contribution in [0.2, 0.25) is 0 Å². The lowest BCUT2D eigenvalue weighted by Crippen LogP contribution is -2.03. The Balaban J connectivity index is 1.88. The first-order valence-electron chi connectivity index (χ1n) is 4.27. The maximum atomic E-state index is 5.45. The maximum absolute atomic E-state index is 5.45. The van der Waals surface area contributed by atoms with Crippen molar-refractivity contribution in [3.63, 3.8) is 0 Å². The van der Waals surface area contributed by atoms with E-state index in [0.29, 0.717) is 12.7 Å². The monoisotopic (exact) mass is 180 g/mol. The summed E-state index contributed by atoms with van der Waals surface area (Å²) < 4.78 is 15.5. The second kappa shape index (κ2) is 3.66. The van der Waals surface area contributed by atoms with Crippen molar-refractivity contribution < 1.29 is 14.2 Å². The molecule has 0 spiro atoms. The fourth-order valence-corrected chi connectivity index (χ4v) is 1.03. The van der Waals surface area contributed by atoms with Crippen molar-refractivity contribution in [1.82, 2.24) is 0 Å². The summed E-state index contributed by atoms with van der Waals surface area (Å²) >= 11 is 0. The molecule has 1 fully saturated rings.